The minimum Gasteiger partial charge on any atom is -0.378 e. The average Bonchev–Trinajstić information content (AvgIpc) is 2.37. The highest BCUT2D eigenvalue weighted by Gasteiger charge is 2.12. The summed E-state index contributed by atoms with van der Waals surface area (Å²) in [5.74, 6) is 0.777. The molecule has 5 heteroatoms. The second-order valence-corrected chi connectivity index (χ2v) is 4.95. The maximum atomic E-state index is 4.64. The third kappa shape index (κ3) is 2.34. The number of nitrogens with zero attached hydrogens (tertiary/aromatic N) is 3. The molecule has 1 aromatic heterocycles. The van der Waals surface area contributed by atoms with Crippen LogP contribution in [0.5, 0.6) is 0 Å². The van der Waals surface area contributed by atoms with Crippen molar-refractivity contribution in [3.8, 4) is 0 Å². The zero-order valence-corrected chi connectivity index (χ0v) is 12.6. The SMILES string of the molecule is C=c1nc2c(cc1C)=Nc1ccc(N(C)C)cc1N2.Cl. The van der Waals surface area contributed by atoms with Crippen molar-refractivity contribution in [2.45, 2.75) is 6.92 Å². The summed E-state index contributed by atoms with van der Waals surface area (Å²) in [4.78, 5) is 11.2. The fourth-order valence-corrected chi connectivity index (χ4v) is 2.07. The van der Waals surface area contributed by atoms with Crippen molar-refractivity contribution in [3.05, 3.63) is 40.5 Å². The highest BCUT2D eigenvalue weighted by Crippen LogP contribution is 2.32. The van der Waals surface area contributed by atoms with Crippen molar-refractivity contribution in [2.24, 2.45) is 4.99 Å². The van der Waals surface area contributed by atoms with Crippen LogP contribution in [0.1, 0.15) is 5.56 Å². The van der Waals surface area contributed by atoms with Gasteiger partial charge in [0.2, 0.25) is 0 Å². The number of halogens is 1. The van der Waals surface area contributed by atoms with Crippen LogP contribution in [-0.4, -0.2) is 19.1 Å². The molecule has 1 N–H and O–H groups in total. The first-order valence-corrected chi connectivity index (χ1v) is 6.18. The van der Waals surface area contributed by atoms with Crippen LogP contribution in [0.2, 0.25) is 0 Å². The molecule has 4 nitrogen and oxygen atoms in total. The summed E-state index contributed by atoms with van der Waals surface area (Å²) in [6, 6.07) is 8.17. The Morgan fingerprint density at radius 2 is 1.95 bits per heavy atom. The summed E-state index contributed by atoms with van der Waals surface area (Å²) in [7, 11) is 4.04. The molecule has 2 aromatic rings. The first-order chi connectivity index (χ1) is 9.04. The van der Waals surface area contributed by atoms with E-state index in [1.165, 1.54) is 0 Å². The summed E-state index contributed by atoms with van der Waals surface area (Å²) in [6.45, 7) is 5.92. The largest absolute Gasteiger partial charge is 0.378 e. The maximum absolute atomic E-state index is 4.64. The Morgan fingerprint density at radius 1 is 1.20 bits per heavy atom. The van der Waals surface area contributed by atoms with E-state index >= 15 is 0 Å². The number of fused-ring (bicyclic) bond motifs is 2. The van der Waals surface area contributed by atoms with E-state index < -0.39 is 0 Å². The van der Waals surface area contributed by atoms with Gasteiger partial charge in [0.1, 0.15) is 5.36 Å². The zero-order valence-electron chi connectivity index (χ0n) is 11.8. The van der Waals surface area contributed by atoms with Crippen LogP contribution in [0.25, 0.3) is 6.58 Å². The van der Waals surface area contributed by atoms with Crippen LogP contribution in [0.3, 0.4) is 0 Å². The van der Waals surface area contributed by atoms with E-state index in [1.54, 1.807) is 0 Å². The van der Waals surface area contributed by atoms with Crippen LogP contribution >= 0.6 is 12.4 Å². The number of aromatic nitrogens is 1. The predicted octanol–water partition coefficient (Wildman–Crippen LogP) is 2.30. The van der Waals surface area contributed by atoms with E-state index in [9.17, 15) is 0 Å². The van der Waals surface area contributed by atoms with Crippen molar-refractivity contribution in [2.75, 3.05) is 24.3 Å². The number of rotatable bonds is 1. The Kier molecular flexibility index (Phi) is 3.68. The minimum absolute atomic E-state index is 0. The lowest BCUT2D eigenvalue weighted by Gasteiger charge is -2.18. The lowest BCUT2D eigenvalue weighted by Crippen LogP contribution is -2.23. The van der Waals surface area contributed by atoms with E-state index in [1.807, 2.05) is 33.2 Å². The molecular formula is C15H17ClN4. The Hall–Kier alpha value is -2.07. The first-order valence-electron chi connectivity index (χ1n) is 6.18. The van der Waals surface area contributed by atoms with Gasteiger partial charge >= 0.3 is 0 Å². The van der Waals surface area contributed by atoms with Crippen LogP contribution in [0, 0.1) is 6.92 Å². The molecule has 104 valence electrons. The number of aryl methyl sites for hydroxylation is 1. The normalized spacial score (nSPS) is 11.3. The van der Waals surface area contributed by atoms with Crippen molar-refractivity contribution >= 4 is 41.9 Å². The highest BCUT2D eigenvalue weighted by atomic mass is 35.5. The number of benzene rings is 1. The van der Waals surface area contributed by atoms with Crippen molar-refractivity contribution in [3.63, 3.8) is 0 Å². The average molecular weight is 289 g/mol. The molecule has 20 heavy (non-hydrogen) atoms. The van der Waals surface area contributed by atoms with Gasteiger partial charge < -0.3 is 10.2 Å². The van der Waals surface area contributed by atoms with E-state index in [0.29, 0.717) is 0 Å². The molecule has 0 bridgehead atoms. The number of hydrogen-bond acceptors (Lipinski definition) is 4. The van der Waals surface area contributed by atoms with Crippen LogP contribution in [0.4, 0.5) is 22.9 Å². The first kappa shape index (κ1) is 14.3. The molecule has 1 aliphatic rings. The maximum Gasteiger partial charge on any atom is 0.157 e. The van der Waals surface area contributed by atoms with Crippen molar-refractivity contribution < 1.29 is 0 Å². The zero-order chi connectivity index (χ0) is 13.6. The standard InChI is InChI=1S/C15H16N4.ClH/c1-9-7-14-15(16-10(9)2)18-13-8-11(19(3)4)5-6-12(13)17-14;/h5-8H,2H2,1,3-4H3,(H,16,18);1H. The summed E-state index contributed by atoms with van der Waals surface area (Å²) >= 11 is 0. The summed E-state index contributed by atoms with van der Waals surface area (Å²) < 4.78 is 0. The number of anilines is 3. The van der Waals surface area contributed by atoms with E-state index in [4.69, 9.17) is 0 Å². The number of nitrogens with one attached hydrogen (secondary N) is 1. The molecule has 0 saturated heterocycles. The van der Waals surface area contributed by atoms with Gasteiger partial charge in [-0.1, -0.05) is 6.58 Å². The molecule has 1 aliphatic heterocycles. The molecule has 3 rings (SSSR count). The molecule has 0 radical (unpaired) electrons. The van der Waals surface area contributed by atoms with Gasteiger partial charge in [-0.25, -0.2) is 9.98 Å². The molecule has 1 aromatic carbocycles. The van der Waals surface area contributed by atoms with Gasteiger partial charge in [0.25, 0.3) is 0 Å². The van der Waals surface area contributed by atoms with Gasteiger partial charge in [-0.05, 0) is 36.8 Å². The van der Waals surface area contributed by atoms with E-state index in [-0.39, 0.29) is 12.4 Å². The second kappa shape index (κ2) is 5.13. The fraction of sp³-hybridized carbons (Fsp3) is 0.200. The topological polar surface area (TPSA) is 40.5 Å². The van der Waals surface area contributed by atoms with Gasteiger partial charge in [0, 0.05) is 19.8 Å². The minimum atomic E-state index is 0. The summed E-state index contributed by atoms with van der Waals surface area (Å²) in [5, 5.41) is 4.99. The van der Waals surface area contributed by atoms with Gasteiger partial charge in [0.05, 0.1) is 16.7 Å². The number of hydrogen-bond donors (Lipinski definition) is 1. The lowest BCUT2D eigenvalue weighted by atomic mass is 10.2. The summed E-state index contributed by atoms with van der Waals surface area (Å²) in [5.41, 5.74) is 4.11. The van der Waals surface area contributed by atoms with Crippen LogP contribution < -0.4 is 20.9 Å². The second-order valence-electron chi connectivity index (χ2n) is 4.95. The van der Waals surface area contributed by atoms with Gasteiger partial charge in [0.15, 0.2) is 5.82 Å². The third-order valence-electron chi connectivity index (χ3n) is 3.29. The van der Waals surface area contributed by atoms with Crippen LogP contribution in [0.15, 0.2) is 29.3 Å². The molecule has 0 fully saturated rings. The Bertz CT molecular complexity index is 768. The Labute approximate surface area is 124 Å². The molecule has 0 aliphatic carbocycles. The predicted molar refractivity (Wildman–Crippen MR) is 86.2 cm³/mol. The molecule has 0 amide bonds. The van der Waals surface area contributed by atoms with Gasteiger partial charge in [-0.3, -0.25) is 0 Å². The fourth-order valence-electron chi connectivity index (χ4n) is 2.07. The Balaban J connectivity index is 0.00000147. The monoisotopic (exact) mass is 288 g/mol. The highest BCUT2D eigenvalue weighted by molar-refractivity contribution is 5.85. The van der Waals surface area contributed by atoms with E-state index in [0.717, 1.165) is 39.1 Å². The lowest BCUT2D eigenvalue weighted by molar-refractivity contribution is 1.11. The quantitative estimate of drug-likeness (QED) is 0.747. The molecule has 0 spiro atoms. The molecule has 0 saturated carbocycles. The molecular weight excluding hydrogens is 272 g/mol. The molecule has 0 unspecified atom stereocenters. The van der Waals surface area contributed by atoms with Crippen LogP contribution in [-0.2, 0) is 0 Å². The molecule has 0 atom stereocenters. The van der Waals surface area contributed by atoms with Crippen molar-refractivity contribution in [1.82, 2.24) is 4.98 Å². The van der Waals surface area contributed by atoms with E-state index in [2.05, 4.69) is 38.9 Å². The number of pyridine rings is 1. The molecule has 2 heterocycles. The van der Waals surface area contributed by atoms with Crippen molar-refractivity contribution in [1.29, 1.82) is 0 Å². The van der Waals surface area contributed by atoms with Gasteiger partial charge in [-0.15, -0.1) is 12.4 Å². The Morgan fingerprint density at radius 3 is 2.65 bits per heavy atom. The smallest absolute Gasteiger partial charge is 0.157 e. The summed E-state index contributed by atoms with van der Waals surface area (Å²) in [6.07, 6.45) is 0. The van der Waals surface area contributed by atoms with Gasteiger partial charge in [-0.2, -0.15) is 0 Å². The third-order valence-corrected chi connectivity index (χ3v) is 3.29.